The molecule has 1 amide bonds. The molecule has 1 spiro atoms. The Kier molecular flexibility index (Phi) is 5.48. The SMILES string of the molecule is CCOc1c(N2CC3(CC3)CC2C(=O)Nc2ccnc(S(C)=O)c2)ccc(F)c1F. The van der Waals surface area contributed by atoms with Crippen molar-refractivity contribution in [2.24, 2.45) is 5.41 Å². The number of nitrogens with one attached hydrogen (secondary N) is 1. The molecule has 1 aromatic carbocycles. The van der Waals surface area contributed by atoms with Gasteiger partial charge in [0, 0.05) is 24.7 Å². The number of carbonyl (C=O) groups excluding carboxylic acids is 1. The molecule has 1 saturated heterocycles. The molecule has 1 saturated carbocycles. The number of nitrogens with zero attached hydrogens (tertiary/aromatic N) is 2. The second-order valence-corrected chi connectivity index (χ2v) is 9.14. The molecule has 1 aliphatic carbocycles. The molecule has 2 heterocycles. The maximum atomic E-state index is 14.4. The predicted molar refractivity (Wildman–Crippen MR) is 110 cm³/mol. The van der Waals surface area contributed by atoms with Crippen molar-refractivity contribution in [2.45, 2.75) is 37.3 Å². The Labute approximate surface area is 176 Å². The van der Waals surface area contributed by atoms with Crippen LogP contribution in [0.2, 0.25) is 0 Å². The average molecular weight is 435 g/mol. The zero-order valence-electron chi connectivity index (χ0n) is 16.8. The molecule has 6 nitrogen and oxygen atoms in total. The number of halogens is 2. The summed E-state index contributed by atoms with van der Waals surface area (Å²) in [5.74, 6) is -2.46. The molecule has 2 fully saturated rings. The van der Waals surface area contributed by atoms with Crippen LogP contribution in [-0.2, 0) is 15.6 Å². The summed E-state index contributed by atoms with van der Waals surface area (Å²) < 4.78 is 45.3. The van der Waals surface area contributed by atoms with Crippen molar-refractivity contribution >= 4 is 28.1 Å². The summed E-state index contributed by atoms with van der Waals surface area (Å²) in [6, 6.07) is 5.18. The summed E-state index contributed by atoms with van der Waals surface area (Å²) in [4.78, 5) is 19.0. The number of rotatable bonds is 6. The maximum Gasteiger partial charge on any atom is 0.247 e. The van der Waals surface area contributed by atoms with E-state index in [-0.39, 0.29) is 23.7 Å². The Morgan fingerprint density at radius 1 is 1.37 bits per heavy atom. The molecule has 2 aliphatic rings. The highest BCUT2D eigenvalue weighted by Crippen LogP contribution is 2.56. The summed E-state index contributed by atoms with van der Waals surface area (Å²) in [5, 5.41) is 3.23. The molecule has 0 bridgehead atoms. The second-order valence-electron chi connectivity index (χ2n) is 7.82. The van der Waals surface area contributed by atoms with Gasteiger partial charge in [-0.1, -0.05) is 0 Å². The van der Waals surface area contributed by atoms with E-state index in [1.54, 1.807) is 19.1 Å². The van der Waals surface area contributed by atoms with Crippen molar-refractivity contribution in [3.8, 4) is 5.75 Å². The van der Waals surface area contributed by atoms with Crippen molar-refractivity contribution in [1.82, 2.24) is 4.98 Å². The Hall–Kier alpha value is -2.55. The zero-order chi connectivity index (χ0) is 21.5. The number of benzene rings is 1. The van der Waals surface area contributed by atoms with Crippen molar-refractivity contribution in [3.05, 3.63) is 42.1 Å². The minimum Gasteiger partial charge on any atom is -0.489 e. The Morgan fingerprint density at radius 2 is 2.13 bits per heavy atom. The van der Waals surface area contributed by atoms with E-state index >= 15 is 0 Å². The van der Waals surface area contributed by atoms with Gasteiger partial charge in [-0.3, -0.25) is 9.00 Å². The summed E-state index contributed by atoms with van der Waals surface area (Å²) in [5.41, 5.74) is 0.891. The number of ether oxygens (including phenoxy) is 1. The quantitative estimate of drug-likeness (QED) is 0.752. The number of carbonyl (C=O) groups is 1. The fraction of sp³-hybridized carbons (Fsp3) is 0.429. The van der Waals surface area contributed by atoms with Crippen LogP contribution < -0.4 is 15.0 Å². The lowest BCUT2D eigenvalue weighted by molar-refractivity contribution is -0.117. The fourth-order valence-electron chi connectivity index (χ4n) is 3.98. The average Bonchev–Trinajstić information content (AvgIpc) is 3.36. The van der Waals surface area contributed by atoms with Gasteiger partial charge in [-0.25, -0.2) is 9.37 Å². The van der Waals surface area contributed by atoms with Gasteiger partial charge in [-0.2, -0.15) is 4.39 Å². The summed E-state index contributed by atoms with van der Waals surface area (Å²) in [7, 11) is -1.27. The van der Waals surface area contributed by atoms with Crippen molar-refractivity contribution in [1.29, 1.82) is 0 Å². The van der Waals surface area contributed by atoms with Crippen LogP contribution in [0, 0.1) is 17.0 Å². The van der Waals surface area contributed by atoms with Gasteiger partial charge in [-0.15, -0.1) is 0 Å². The van der Waals surface area contributed by atoms with E-state index in [9.17, 15) is 17.8 Å². The number of anilines is 2. The molecular formula is C21H23F2N3O3S. The third-order valence-corrected chi connectivity index (χ3v) is 6.50. The molecular weight excluding hydrogens is 412 g/mol. The number of amides is 1. The highest BCUT2D eigenvalue weighted by atomic mass is 32.2. The van der Waals surface area contributed by atoms with Crippen molar-refractivity contribution in [2.75, 3.05) is 29.6 Å². The Morgan fingerprint density at radius 3 is 2.80 bits per heavy atom. The third kappa shape index (κ3) is 3.90. The largest absolute Gasteiger partial charge is 0.489 e. The predicted octanol–water partition coefficient (Wildman–Crippen LogP) is 3.49. The van der Waals surface area contributed by atoms with Crippen molar-refractivity contribution in [3.63, 3.8) is 0 Å². The molecule has 9 heteroatoms. The van der Waals surface area contributed by atoms with Crippen LogP contribution in [0.15, 0.2) is 35.5 Å². The first-order valence-corrected chi connectivity index (χ1v) is 11.4. The van der Waals surface area contributed by atoms with E-state index < -0.39 is 28.5 Å². The molecule has 2 aromatic rings. The van der Waals surface area contributed by atoms with Crippen LogP contribution >= 0.6 is 0 Å². The zero-order valence-corrected chi connectivity index (χ0v) is 17.6. The van der Waals surface area contributed by atoms with E-state index in [0.29, 0.717) is 29.4 Å². The topological polar surface area (TPSA) is 71.5 Å². The second kappa shape index (κ2) is 7.94. The fourth-order valence-corrected chi connectivity index (χ4v) is 4.48. The van der Waals surface area contributed by atoms with Crippen LogP contribution in [0.4, 0.5) is 20.2 Å². The molecule has 160 valence electrons. The van der Waals surface area contributed by atoms with Crippen LogP contribution in [0.1, 0.15) is 26.2 Å². The number of hydrogen-bond acceptors (Lipinski definition) is 5. The lowest BCUT2D eigenvalue weighted by Crippen LogP contribution is -2.40. The van der Waals surface area contributed by atoms with Gasteiger partial charge < -0.3 is 15.0 Å². The monoisotopic (exact) mass is 435 g/mol. The van der Waals surface area contributed by atoms with Gasteiger partial charge in [0.25, 0.3) is 0 Å². The summed E-state index contributed by atoms with van der Waals surface area (Å²) >= 11 is 0. The minimum absolute atomic E-state index is 0.0185. The van der Waals surface area contributed by atoms with E-state index in [0.717, 1.165) is 18.9 Å². The maximum absolute atomic E-state index is 14.4. The van der Waals surface area contributed by atoms with Gasteiger partial charge >= 0.3 is 0 Å². The highest BCUT2D eigenvalue weighted by molar-refractivity contribution is 7.84. The molecule has 2 atom stereocenters. The first-order valence-electron chi connectivity index (χ1n) is 9.81. The number of aromatic nitrogens is 1. The summed E-state index contributed by atoms with van der Waals surface area (Å²) in [6.07, 6.45) is 5.62. The van der Waals surface area contributed by atoms with Gasteiger partial charge in [0.2, 0.25) is 11.7 Å². The highest BCUT2D eigenvalue weighted by Gasteiger charge is 2.54. The van der Waals surface area contributed by atoms with E-state index in [1.807, 2.05) is 4.90 Å². The first-order chi connectivity index (χ1) is 14.3. The minimum atomic E-state index is -1.27. The van der Waals surface area contributed by atoms with Crippen molar-refractivity contribution < 1.29 is 22.5 Å². The van der Waals surface area contributed by atoms with Crippen LogP contribution in [-0.4, -0.2) is 40.5 Å². The smallest absolute Gasteiger partial charge is 0.247 e. The van der Waals surface area contributed by atoms with Gasteiger partial charge in [0.05, 0.1) is 23.1 Å². The van der Waals surface area contributed by atoms with Gasteiger partial charge in [0.15, 0.2) is 11.6 Å². The first kappa shape index (κ1) is 20.7. The third-order valence-electron chi connectivity index (χ3n) is 5.69. The molecule has 4 rings (SSSR count). The van der Waals surface area contributed by atoms with Gasteiger partial charge in [0.1, 0.15) is 11.1 Å². The molecule has 1 aromatic heterocycles. The number of pyridine rings is 1. The lowest BCUT2D eigenvalue weighted by atomic mass is 10.0. The standard InChI is InChI=1S/C21H23F2N3O3S/c1-3-29-19-15(5-4-14(22)18(19)23)26-12-21(7-8-21)11-16(26)20(27)25-13-6-9-24-17(10-13)30(2)28/h4-6,9-10,16H,3,7-8,11-12H2,1-2H3,(H,24,25,27). The lowest BCUT2D eigenvalue weighted by Gasteiger charge is -2.28. The van der Waals surface area contributed by atoms with Crippen LogP contribution in [0.25, 0.3) is 0 Å². The molecule has 1 N–H and O–H groups in total. The number of hydrogen-bond donors (Lipinski definition) is 1. The van der Waals surface area contributed by atoms with Gasteiger partial charge in [-0.05, 0) is 55.9 Å². The normalized spacial score (nSPS) is 20.3. The van der Waals surface area contributed by atoms with E-state index in [2.05, 4.69) is 10.3 Å². The molecule has 30 heavy (non-hydrogen) atoms. The Bertz CT molecular complexity index is 1010. The molecule has 2 unspecified atom stereocenters. The molecule has 0 radical (unpaired) electrons. The van der Waals surface area contributed by atoms with E-state index in [1.165, 1.54) is 18.5 Å². The molecule has 1 aliphatic heterocycles. The Balaban J connectivity index is 1.64. The van der Waals surface area contributed by atoms with Crippen LogP contribution in [0.5, 0.6) is 5.75 Å². The van der Waals surface area contributed by atoms with E-state index in [4.69, 9.17) is 4.74 Å². The summed E-state index contributed by atoms with van der Waals surface area (Å²) in [6.45, 7) is 2.46. The van der Waals surface area contributed by atoms with Crippen LogP contribution in [0.3, 0.4) is 0 Å².